The number of thiazole rings is 1. The maximum absolute atomic E-state index is 13.0. The molecule has 0 saturated heterocycles. The number of thiophene rings is 1. The van der Waals surface area contributed by atoms with E-state index in [9.17, 15) is 8.42 Å². The molecule has 2 aromatic carbocycles. The summed E-state index contributed by atoms with van der Waals surface area (Å²) < 4.78 is 30.3. The molecule has 0 spiro atoms. The van der Waals surface area contributed by atoms with Crippen LogP contribution in [0.5, 0.6) is 0 Å². The quantitative estimate of drug-likeness (QED) is 0.451. The fourth-order valence-electron chi connectivity index (χ4n) is 3.88. The summed E-state index contributed by atoms with van der Waals surface area (Å²) in [5.74, 6) is 0.530. The number of aryl methyl sites for hydroxylation is 1. The molecule has 0 bridgehead atoms. The smallest absolute Gasteiger partial charge is 0.241 e. The predicted molar refractivity (Wildman–Crippen MR) is 120 cm³/mol. The Kier molecular flexibility index (Phi) is 4.58. The highest BCUT2D eigenvalue weighted by atomic mass is 32.2. The molecule has 0 amide bonds. The first-order valence-corrected chi connectivity index (χ1v) is 12.6. The number of sulfonamides is 1. The van der Waals surface area contributed by atoms with Crippen molar-refractivity contribution in [3.05, 3.63) is 71.2 Å². The molecule has 4 aromatic rings. The first-order chi connectivity index (χ1) is 13.9. The second kappa shape index (κ2) is 7.02. The summed E-state index contributed by atoms with van der Waals surface area (Å²) in [4.78, 5) is 5.47. The van der Waals surface area contributed by atoms with Gasteiger partial charge in [-0.2, -0.15) is 0 Å². The summed E-state index contributed by atoms with van der Waals surface area (Å²) in [5, 5.41) is 1.03. The molecular weight excluding hydrogens is 420 g/mol. The molecule has 2 heterocycles. The number of hydrogen-bond donors (Lipinski definition) is 1. The molecule has 1 aliphatic rings. The summed E-state index contributed by atoms with van der Waals surface area (Å²) in [6, 6.07) is 19.7. The molecule has 29 heavy (non-hydrogen) atoms. The molecule has 148 valence electrons. The molecule has 7 heteroatoms. The third kappa shape index (κ3) is 3.53. The van der Waals surface area contributed by atoms with Crippen LogP contribution in [-0.2, 0) is 10.0 Å². The van der Waals surface area contributed by atoms with Gasteiger partial charge in [-0.3, -0.25) is 0 Å². The Morgan fingerprint density at radius 2 is 1.79 bits per heavy atom. The molecular formula is C22H20N2O2S3. The minimum Gasteiger partial charge on any atom is -0.241 e. The lowest BCUT2D eigenvalue weighted by atomic mass is 10.1. The summed E-state index contributed by atoms with van der Waals surface area (Å²) in [6.07, 6.45) is 0. The van der Waals surface area contributed by atoms with Crippen LogP contribution in [0.1, 0.15) is 23.4 Å². The Morgan fingerprint density at radius 3 is 2.59 bits per heavy atom. The minimum atomic E-state index is -3.54. The number of rotatable bonds is 5. The number of aromatic nitrogens is 1. The van der Waals surface area contributed by atoms with E-state index in [-0.39, 0.29) is 12.0 Å². The van der Waals surface area contributed by atoms with Crippen LogP contribution in [-0.4, -0.2) is 19.4 Å². The van der Waals surface area contributed by atoms with Gasteiger partial charge in [0.2, 0.25) is 10.0 Å². The van der Waals surface area contributed by atoms with Crippen molar-refractivity contribution in [3.63, 3.8) is 0 Å². The summed E-state index contributed by atoms with van der Waals surface area (Å²) >= 11 is 2.97. The number of fused-ring (bicyclic) bond motifs is 1. The summed E-state index contributed by atoms with van der Waals surface area (Å²) in [5.41, 5.74) is 3.14. The van der Waals surface area contributed by atoms with Crippen molar-refractivity contribution in [1.82, 2.24) is 9.71 Å². The van der Waals surface area contributed by atoms with Crippen molar-refractivity contribution in [2.24, 2.45) is 5.92 Å². The topological polar surface area (TPSA) is 59.1 Å². The summed E-state index contributed by atoms with van der Waals surface area (Å²) in [7, 11) is -3.54. The van der Waals surface area contributed by atoms with Crippen LogP contribution in [0.25, 0.3) is 20.7 Å². The minimum absolute atomic E-state index is 0.0534. The second-order valence-electron chi connectivity index (χ2n) is 7.48. The van der Waals surface area contributed by atoms with E-state index in [4.69, 9.17) is 0 Å². The standard InChI is InChI=1S/C22H20N2O2S3/c1-13-21(15-6-4-3-5-7-15)22(13)24-29(25,26)20-11-10-18(28-20)16-8-9-19-17(12-16)23-14(2)27-19/h3-13,21-22,24H,1-2H3/t13-,21-,22+/m1/s1. The Hall–Kier alpha value is -2.06. The van der Waals surface area contributed by atoms with Crippen molar-refractivity contribution in [2.75, 3.05) is 0 Å². The first kappa shape index (κ1) is 18.9. The van der Waals surface area contributed by atoms with E-state index in [0.29, 0.717) is 10.1 Å². The molecule has 4 nitrogen and oxygen atoms in total. The van der Waals surface area contributed by atoms with Crippen LogP contribution in [0.15, 0.2) is 64.9 Å². The van der Waals surface area contributed by atoms with Crippen molar-refractivity contribution < 1.29 is 8.42 Å². The van der Waals surface area contributed by atoms with Gasteiger partial charge in [-0.05, 0) is 48.2 Å². The normalized spacial score (nSPS) is 21.5. The average Bonchev–Trinajstić information content (AvgIpc) is 3.08. The average molecular weight is 441 g/mol. The van der Waals surface area contributed by atoms with Crippen LogP contribution < -0.4 is 4.72 Å². The van der Waals surface area contributed by atoms with E-state index >= 15 is 0 Å². The number of hydrogen-bond acceptors (Lipinski definition) is 5. The Bertz CT molecular complexity index is 1290. The van der Waals surface area contributed by atoms with Crippen LogP contribution >= 0.6 is 22.7 Å². The Morgan fingerprint density at radius 1 is 1.00 bits per heavy atom. The van der Waals surface area contributed by atoms with Crippen LogP contribution in [0.4, 0.5) is 0 Å². The van der Waals surface area contributed by atoms with Gasteiger partial charge >= 0.3 is 0 Å². The van der Waals surface area contributed by atoms with E-state index in [1.165, 1.54) is 16.9 Å². The molecule has 5 rings (SSSR count). The Labute approximate surface area is 178 Å². The molecule has 1 saturated carbocycles. The summed E-state index contributed by atoms with van der Waals surface area (Å²) in [6.45, 7) is 4.09. The molecule has 1 fully saturated rings. The van der Waals surface area contributed by atoms with Gasteiger partial charge in [0.15, 0.2) is 0 Å². The van der Waals surface area contributed by atoms with Gasteiger partial charge in [0.25, 0.3) is 0 Å². The van der Waals surface area contributed by atoms with Crippen molar-refractivity contribution >= 4 is 42.9 Å². The lowest BCUT2D eigenvalue weighted by Crippen LogP contribution is -2.27. The van der Waals surface area contributed by atoms with Crippen LogP contribution in [0, 0.1) is 12.8 Å². The van der Waals surface area contributed by atoms with Gasteiger partial charge in [0.1, 0.15) is 4.21 Å². The van der Waals surface area contributed by atoms with Gasteiger partial charge in [-0.15, -0.1) is 22.7 Å². The third-order valence-corrected chi connectivity index (χ3v) is 9.52. The fraction of sp³-hybridized carbons (Fsp3) is 0.227. The van der Waals surface area contributed by atoms with Crippen molar-refractivity contribution in [1.29, 1.82) is 0 Å². The zero-order chi connectivity index (χ0) is 20.2. The van der Waals surface area contributed by atoms with Gasteiger partial charge in [-0.1, -0.05) is 43.3 Å². The first-order valence-electron chi connectivity index (χ1n) is 9.47. The lowest BCUT2D eigenvalue weighted by molar-refractivity contribution is 0.580. The molecule has 0 radical (unpaired) electrons. The highest BCUT2D eigenvalue weighted by Crippen LogP contribution is 2.48. The zero-order valence-electron chi connectivity index (χ0n) is 16.0. The second-order valence-corrected chi connectivity index (χ2v) is 11.7. The molecule has 2 aromatic heterocycles. The van der Waals surface area contributed by atoms with E-state index in [2.05, 4.69) is 34.8 Å². The number of benzene rings is 2. The van der Waals surface area contributed by atoms with Gasteiger partial charge in [0, 0.05) is 16.8 Å². The van der Waals surface area contributed by atoms with Crippen molar-refractivity contribution in [2.45, 2.75) is 30.0 Å². The predicted octanol–water partition coefficient (Wildman–Crippen LogP) is 5.41. The van der Waals surface area contributed by atoms with Crippen LogP contribution in [0.2, 0.25) is 0 Å². The van der Waals surface area contributed by atoms with Gasteiger partial charge in [-0.25, -0.2) is 18.1 Å². The van der Waals surface area contributed by atoms with Gasteiger partial charge in [0.05, 0.1) is 15.2 Å². The maximum Gasteiger partial charge on any atom is 0.250 e. The number of nitrogens with zero attached hydrogens (tertiary/aromatic N) is 1. The van der Waals surface area contributed by atoms with Crippen molar-refractivity contribution in [3.8, 4) is 10.4 Å². The lowest BCUT2D eigenvalue weighted by Gasteiger charge is -2.04. The molecule has 1 aliphatic carbocycles. The van der Waals surface area contributed by atoms with E-state index in [1.54, 1.807) is 17.4 Å². The molecule has 0 unspecified atom stereocenters. The number of nitrogens with one attached hydrogen (secondary N) is 1. The molecule has 1 N–H and O–H groups in total. The molecule has 0 aliphatic heterocycles. The fourth-order valence-corrected chi connectivity index (χ4v) is 7.36. The molecule has 3 atom stereocenters. The monoisotopic (exact) mass is 440 g/mol. The van der Waals surface area contributed by atoms with Crippen LogP contribution in [0.3, 0.4) is 0 Å². The van der Waals surface area contributed by atoms with Gasteiger partial charge < -0.3 is 0 Å². The third-order valence-electron chi connectivity index (χ3n) is 5.48. The largest absolute Gasteiger partial charge is 0.250 e. The maximum atomic E-state index is 13.0. The van der Waals surface area contributed by atoms with E-state index in [0.717, 1.165) is 25.7 Å². The van der Waals surface area contributed by atoms with E-state index < -0.39 is 10.0 Å². The Balaban J connectivity index is 1.37. The highest BCUT2D eigenvalue weighted by molar-refractivity contribution is 7.91. The SMILES string of the molecule is Cc1nc2cc(-c3ccc(S(=O)(=O)N[C@H]4[C@H](C)[C@@H]4c4ccccc4)s3)ccc2s1. The highest BCUT2D eigenvalue weighted by Gasteiger charge is 2.49. The van der Waals surface area contributed by atoms with E-state index in [1.807, 2.05) is 43.3 Å². The zero-order valence-corrected chi connectivity index (χ0v) is 18.4.